The summed E-state index contributed by atoms with van der Waals surface area (Å²) in [5.41, 5.74) is 2.42. The molecule has 0 saturated carbocycles. The Hall–Kier alpha value is -2.52. The van der Waals surface area contributed by atoms with Crippen LogP contribution in [0.1, 0.15) is 21.7 Å². The van der Waals surface area contributed by atoms with E-state index in [2.05, 4.69) is 5.32 Å². The Labute approximate surface area is 102 Å². The molecule has 0 atom stereocenters. The van der Waals surface area contributed by atoms with Crippen LogP contribution in [-0.2, 0) is 17.8 Å². The van der Waals surface area contributed by atoms with Crippen LogP contribution in [0.5, 0.6) is 0 Å². The summed E-state index contributed by atoms with van der Waals surface area (Å²) in [6, 6.07) is 5.37. The molecule has 3 rings (SSSR count). The summed E-state index contributed by atoms with van der Waals surface area (Å²) in [6.45, 7) is 0.260. The van der Waals surface area contributed by atoms with Gasteiger partial charge in [-0.2, -0.15) is 0 Å². The highest BCUT2D eigenvalue weighted by molar-refractivity contribution is 5.97. The maximum absolute atomic E-state index is 11.1. The van der Waals surface area contributed by atoms with Crippen molar-refractivity contribution in [1.82, 2.24) is 5.32 Å². The molecule has 0 saturated heterocycles. The van der Waals surface area contributed by atoms with E-state index in [-0.39, 0.29) is 12.3 Å². The minimum absolute atomic E-state index is 0.0721. The molecule has 2 N–H and O–H groups in total. The molecule has 1 aromatic carbocycles. The van der Waals surface area contributed by atoms with E-state index in [0.717, 1.165) is 10.9 Å². The van der Waals surface area contributed by atoms with Crippen molar-refractivity contribution in [3.8, 4) is 0 Å². The van der Waals surface area contributed by atoms with Crippen molar-refractivity contribution in [3.63, 3.8) is 0 Å². The van der Waals surface area contributed by atoms with Gasteiger partial charge in [-0.15, -0.1) is 0 Å². The van der Waals surface area contributed by atoms with E-state index in [9.17, 15) is 9.59 Å². The lowest BCUT2D eigenvalue weighted by molar-refractivity contribution is 0.0663. The lowest BCUT2D eigenvalue weighted by atomic mass is 10.0. The van der Waals surface area contributed by atoms with Gasteiger partial charge < -0.3 is 14.8 Å². The first kappa shape index (κ1) is 10.6. The van der Waals surface area contributed by atoms with E-state index < -0.39 is 5.97 Å². The van der Waals surface area contributed by atoms with Gasteiger partial charge >= 0.3 is 5.97 Å². The van der Waals surface area contributed by atoms with Crippen LogP contribution in [0.4, 0.5) is 0 Å². The minimum atomic E-state index is -1.10. The number of carboxylic acids is 1. The van der Waals surface area contributed by atoms with Crippen LogP contribution >= 0.6 is 0 Å². The molecule has 0 radical (unpaired) electrons. The van der Waals surface area contributed by atoms with Crippen molar-refractivity contribution in [1.29, 1.82) is 0 Å². The second-order valence-electron chi connectivity index (χ2n) is 4.12. The van der Waals surface area contributed by atoms with Gasteiger partial charge in [0.2, 0.25) is 5.76 Å². The van der Waals surface area contributed by atoms with Crippen molar-refractivity contribution in [3.05, 3.63) is 40.8 Å². The van der Waals surface area contributed by atoms with Gasteiger partial charge in [0.05, 0.1) is 0 Å². The zero-order valence-corrected chi connectivity index (χ0v) is 9.32. The monoisotopic (exact) mass is 243 g/mol. The van der Waals surface area contributed by atoms with Gasteiger partial charge in [0.15, 0.2) is 0 Å². The third-order valence-electron chi connectivity index (χ3n) is 3.06. The third-order valence-corrected chi connectivity index (χ3v) is 3.06. The molecular formula is C13H9NO4. The SMILES string of the molecule is O=C=C1Cc2cccc3oc(C(=O)O)c(c23)CN1. The number of rotatable bonds is 1. The Morgan fingerprint density at radius 2 is 2.28 bits per heavy atom. The summed E-state index contributed by atoms with van der Waals surface area (Å²) >= 11 is 0. The first-order valence-electron chi connectivity index (χ1n) is 5.45. The van der Waals surface area contributed by atoms with Crippen molar-refractivity contribution >= 4 is 22.9 Å². The van der Waals surface area contributed by atoms with Crippen LogP contribution in [0.25, 0.3) is 11.0 Å². The minimum Gasteiger partial charge on any atom is -0.475 e. The Balaban J connectivity index is 2.35. The number of carbonyl (C=O) groups is 1. The Morgan fingerprint density at radius 1 is 1.44 bits per heavy atom. The molecule has 5 heteroatoms. The molecular weight excluding hydrogens is 234 g/mol. The number of hydrogen-bond acceptors (Lipinski definition) is 4. The molecule has 1 aromatic heterocycles. The van der Waals surface area contributed by atoms with Crippen molar-refractivity contribution < 1.29 is 19.1 Å². The lowest BCUT2D eigenvalue weighted by Gasteiger charge is -2.02. The van der Waals surface area contributed by atoms with Crippen LogP contribution in [0.3, 0.4) is 0 Å². The van der Waals surface area contributed by atoms with Crippen LogP contribution in [0, 0.1) is 0 Å². The summed E-state index contributed by atoms with van der Waals surface area (Å²) in [5, 5.41) is 12.8. The van der Waals surface area contributed by atoms with Crippen LogP contribution < -0.4 is 5.32 Å². The highest BCUT2D eigenvalue weighted by Gasteiger charge is 2.24. The zero-order chi connectivity index (χ0) is 12.7. The molecule has 0 bridgehead atoms. The van der Waals surface area contributed by atoms with Crippen LogP contribution in [0.2, 0.25) is 0 Å². The number of hydrogen-bond donors (Lipinski definition) is 2. The molecule has 0 fully saturated rings. The van der Waals surface area contributed by atoms with Crippen LogP contribution in [0.15, 0.2) is 28.3 Å². The first-order valence-corrected chi connectivity index (χ1v) is 5.45. The number of benzene rings is 1. The summed E-state index contributed by atoms with van der Waals surface area (Å²) < 4.78 is 5.35. The molecule has 0 unspecified atom stereocenters. The molecule has 0 amide bonds. The van der Waals surface area contributed by atoms with Gasteiger partial charge in [-0.1, -0.05) is 12.1 Å². The maximum atomic E-state index is 11.1. The largest absolute Gasteiger partial charge is 0.475 e. The highest BCUT2D eigenvalue weighted by atomic mass is 16.4. The van der Waals surface area contributed by atoms with Gasteiger partial charge in [0.25, 0.3) is 0 Å². The molecule has 5 nitrogen and oxygen atoms in total. The summed E-state index contributed by atoms with van der Waals surface area (Å²) in [4.78, 5) is 21.9. The average molecular weight is 243 g/mol. The van der Waals surface area contributed by atoms with Crippen molar-refractivity contribution in [2.24, 2.45) is 0 Å². The van der Waals surface area contributed by atoms with Gasteiger partial charge in [-0.05, 0) is 11.6 Å². The predicted octanol–water partition coefficient (Wildman–Crippen LogP) is 1.49. The van der Waals surface area contributed by atoms with Crippen molar-refractivity contribution in [2.75, 3.05) is 0 Å². The smallest absolute Gasteiger partial charge is 0.372 e. The summed E-state index contributed by atoms with van der Waals surface area (Å²) in [6.07, 6.45) is 0.409. The van der Waals surface area contributed by atoms with Crippen LogP contribution in [-0.4, -0.2) is 17.0 Å². The Morgan fingerprint density at radius 3 is 3.00 bits per heavy atom. The number of nitrogens with one attached hydrogen (secondary N) is 1. The quantitative estimate of drug-likeness (QED) is 0.742. The van der Waals surface area contributed by atoms with Gasteiger partial charge in [0, 0.05) is 23.9 Å². The number of aromatic carboxylic acids is 1. The van der Waals surface area contributed by atoms with E-state index in [1.807, 2.05) is 12.0 Å². The molecule has 0 spiro atoms. The Bertz CT molecular complexity index is 707. The molecule has 0 aliphatic carbocycles. The molecule has 90 valence electrons. The second kappa shape index (κ2) is 3.75. The number of allylic oxidation sites excluding steroid dienone is 1. The topological polar surface area (TPSA) is 79.5 Å². The van der Waals surface area contributed by atoms with E-state index in [1.54, 1.807) is 12.1 Å². The van der Waals surface area contributed by atoms with E-state index in [1.165, 1.54) is 0 Å². The fourth-order valence-electron chi connectivity index (χ4n) is 2.30. The summed E-state index contributed by atoms with van der Waals surface area (Å²) in [5.74, 6) is 0.661. The number of carbonyl (C=O) groups excluding carboxylic acids is 1. The molecule has 18 heavy (non-hydrogen) atoms. The van der Waals surface area contributed by atoms with E-state index >= 15 is 0 Å². The highest BCUT2D eigenvalue weighted by Crippen LogP contribution is 2.31. The van der Waals surface area contributed by atoms with Gasteiger partial charge in [0.1, 0.15) is 17.2 Å². The fraction of sp³-hybridized carbons (Fsp3) is 0.154. The average Bonchev–Trinajstić information content (AvgIpc) is 2.62. The Kier molecular flexibility index (Phi) is 2.21. The zero-order valence-electron chi connectivity index (χ0n) is 9.32. The summed E-state index contributed by atoms with van der Waals surface area (Å²) in [7, 11) is 0. The number of carboxylic acid groups (broad SMARTS) is 1. The standard InChI is InChI=1S/C13H9NO4/c15-6-8-4-7-2-1-3-10-11(7)9(5-14-8)12(18-10)13(16)17/h1-3,14H,4-5H2,(H,16,17). The molecule has 1 aliphatic rings. The second-order valence-corrected chi connectivity index (χ2v) is 4.12. The maximum Gasteiger partial charge on any atom is 0.372 e. The first-order chi connectivity index (χ1) is 8.70. The normalized spacial score (nSPS) is 13.9. The van der Waals surface area contributed by atoms with Gasteiger partial charge in [-0.25, -0.2) is 9.59 Å². The lowest BCUT2D eigenvalue weighted by Crippen LogP contribution is -2.14. The third kappa shape index (κ3) is 1.42. The molecule has 2 aromatic rings. The van der Waals surface area contributed by atoms with Gasteiger partial charge in [-0.3, -0.25) is 0 Å². The molecule has 1 aliphatic heterocycles. The van der Waals surface area contributed by atoms with Crippen molar-refractivity contribution in [2.45, 2.75) is 13.0 Å². The predicted molar refractivity (Wildman–Crippen MR) is 62.9 cm³/mol. The number of furan rings is 1. The van der Waals surface area contributed by atoms with E-state index in [0.29, 0.717) is 23.3 Å². The van der Waals surface area contributed by atoms with E-state index in [4.69, 9.17) is 9.52 Å². The molecule has 2 heterocycles. The fourth-order valence-corrected chi connectivity index (χ4v) is 2.30.